The van der Waals surface area contributed by atoms with Crippen molar-refractivity contribution in [1.82, 2.24) is 10.5 Å². The Morgan fingerprint density at radius 2 is 1.16 bits per heavy atom. The molecule has 1 aromatic heterocycles. The molecule has 0 amide bonds. The Labute approximate surface area is 191 Å². The normalized spacial score (nSPS) is 23.2. The van der Waals surface area contributed by atoms with E-state index < -0.39 is 0 Å². The number of imidazole rings is 1. The molecule has 0 aliphatic heterocycles. The molecule has 6 heteroatoms. The van der Waals surface area contributed by atoms with Crippen molar-refractivity contribution in [3.05, 3.63) is 16.2 Å². The maximum absolute atomic E-state index is 2.55. The van der Waals surface area contributed by atoms with Crippen LogP contribution in [0.4, 0.5) is 0 Å². The Hall–Kier alpha value is 1.32. The van der Waals surface area contributed by atoms with Gasteiger partial charge in [0.15, 0.2) is 0 Å². The van der Waals surface area contributed by atoms with Crippen LogP contribution in [0.5, 0.6) is 0 Å². The SMILES string of the molecule is IN(I)C1CCC1.[Pt]=[c]1n(C2CCCCC2)ccn1C1CCCCC1. The van der Waals surface area contributed by atoms with Gasteiger partial charge in [-0.1, -0.05) is 6.42 Å². The van der Waals surface area contributed by atoms with Gasteiger partial charge in [0.2, 0.25) is 0 Å². The molecule has 3 aliphatic carbocycles. The van der Waals surface area contributed by atoms with Gasteiger partial charge in [-0.15, -0.1) is 0 Å². The third kappa shape index (κ3) is 5.90. The summed E-state index contributed by atoms with van der Waals surface area (Å²) < 4.78 is 8.82. The van der Waals surface area contributed by atoms with E-state index in [1.165, 1.54) is 87.3 Å². The molecule has 0 atom stereocenters. The zero-order valence-electron chi connectivity index (χ0n) is 15.0. The Balaban J connectivity index is 0.000000219. The van der Waals surface area contributed by atoms with Crippen molar-refractivity contribution >= 4 is 45.7 Å². The number of hydrogen-bond acceptors (Lipinski definition) is 1. The van der Waals surface area contributed by atoms with E-state index in [0.29, 0.717) is 0 Å². The van der Waals surface area contributed by atoms with Gasteiger partial charge in [-0.25, -0.2) is 0 Å². The van der Waals surface area contributed by atoms with Crippen LogP contribution in [0, 0.1) is 3.80 Å². The molecule has 0 spiro atoms. The summed E-state index contributed by atoms with van der Waals surface area (Å²) in [7, 11) is 0. The summed E-state index contributed by atoms with van der Waals surface area (Å²) in [5.74, 6) is 0. The van der Waals surface area contributed by atoms with Gasteiger partial charge in [-0.2, -0.15) is 1.33 Å². The summed E-state index contributed by atoms with van der Waals surface area (Å²) in [5, 5.41) is 0. The van der Waals surface area contributed by atoms with Crippen molar-refractivity contribution in [1.29, 1.82) is 0 Å². The van der Waals surface area contributed by atoms with Crippen LogP contribution in [0.2, 0.25) is 0 Å². The van der Waals surface area contributed by atoms with E-state index in [4.69, 9.17) is 0 Å². The minimum absolute atomic E-state index is 0.774. The van der Waals surface area contributed by atoms with Crippen LogP contribution < -0.4 is 0 Å². The number of rotatable bonds is 3. The fourth-order valence-electron chi connectivity index (χ4n) is 4.21. The van der Waals surface area contributed by atoms with Crippen molar-refractivity contribution in [3.63, 3.8) is 0 Å². The van der Waals surface area contributed by atoms with Gasteiger partial charge in [-0.3, -0.25) is 0 Å². The van der Waals surface area contributed by atoms with Gasteiger partial charge in [0, 0.05) is 51.8 Å². The van der Waals surface area contributed by atoms with Gasteiger partial charge in [0.25, 0.3) is 0 Å². The number of halogens is 2. The molecular formula is C19H31I2N3Pt. The molecule has 25 heavy (non-hydrogen) atoms. The predicted molar refractivity (Wildman–Crippen MR) is 117 cm³/mol. The Morgan fingerprint density at radius 1 is 0.720 bits per heavy atom. The fourth-order valence-corrected chi connectivity index (χ4v) is 6.50. The molecule has 3 aliphatic rings. The summed E-state index contributed by atoms with van der Waals surface area (Å²) >= 11 is 7.23. The van der Waals surface area contributed by atoms with E-state index in [2.05, 4.69) is 87.9 Å². The average molecular weight is 750 g/mol. The molecule has 0 saturated heterocycles. The van der Waals surface area contributed by atoms with E-state index in [1.54, 1.807) is 0 Å². The van der Waals surface area contributed by atoms with Crippen LogP contribution in [0.3, 0.4) is 0 Å². The first-order valence-corrected chi connectivity index (χ1v) is 13.1. The Kier molecular flexibility index (Phi) is 9.05. The molecule has 4 rings (SSSR count). The van der Waals surface area contributed by atoms with E-state index in [9.17, 15) is 0 Å². The van der Waals surface area contributed by atoms with Crippen LogP contribution in [0.15, 0.2) is 12.4 Å². The number of hydrogen-bond donors (Lipinski definition) is 0. The van der Waals surface area contributed by atoms with Crippen molar-refractivity contribution < 1.29 is 19.4 Å². The molecule has 146 valence electrons. The number of aromatic nitrogens is 2. The van der Waals surface area contributed by atoms with Crippen molar-refractivity contribution in [3.8, 4) is 0 Å². The van der Waals surface area contributed by atoms with Crippen molar-refractivity contribution in [2.24, 2.45) is 0 Å². The van der Waals surface area contributed by atoms with Crippen LogP contribution in [-0.4, -0.2) is 16.5 Å². The number of nitrogens with zero attached hydrogens (tertiary/aromatic N) is 3. The summed E-state index contributed by atoms with van der Waals surface area (Å²) in [6, 6.07) is 2.44. The zero-order chi connectivity index (χ0) is 17.6. The quantitative estimate of drug-likeness (QED) is 0.242. The summed E-state index contributed by atoms with van der Waals surface area (Å²) in [5.41, 5.74) is 0. The average Bonchev–Trinajstić information content (AvgIpc) is 2.96. The molecular weight excluding hydrogens is 719 g/mol. The minimum atomic E-state index is 0.774. The maximum atomic E-state index is 2.55. The zero-order valence-corrected chi connectivity index (χ0v) is 21.6. The van der Waals surface area contributed by atoms with Gasteiger partial charge in [0.05, 0.1) is 0 Å². The van der Waals surface area contributed by atoms with E-state index in [0.717, 1.165) is 18.1 Å². The predicted octanol–water partition coefficient (Wildman–Crippen LogP) is 6.92. The first-order valence-electron chi connectivity index (χ1n) is 10.0. The van der Waals surface area contributed by atoms with Crippen LogP contribution in [0.25, 0.3) is 0 Å². The van der Waals surface area contributed by atoms with Gasteiger partial charge in [0.1, 0.15) is 0 Å². The summed E-state index contributed by atoms with van der Waals surface area (Å²) in [6.45, 7) is 0. The van der Waals surface area contributed by atoms with Gasteiger partial charge >= 0.3 is 121 Å². The molecule has 0 N–H and O–H groups in total. The molecule has 0 aromatic carbocycles. The third-order valence-electron chi connectivity index (χ3n) is 6.07. The Bertz CT molecular complexity index is 529. The fraction of sp³-hybridized carbons (Fsp3) is 0.842. The van der Waals surface area contributed by atoms with Crippen LogP contribution in [0.1, 0.15) is 95.6 Å². The second kappa shape index (κ2) is 10.8. The van der Waals surface area contributed by atoms with Crippen LogP contribution in [-0.2, 0) is 19.4 Å². The molecule has 0 unspecified atom stereocenters. The molecule has 3 fully saturated rings. The molecule has 1 aromatic rings. The molecule has 0 bridgehead atoms. The molecule has 0 radical (unpaired) electrons. The van der Waals surface area contributed by atoms with E-state index in [-0.39, 0.29) is 0 Å². The third-order valence-corrected chi connectivity index (χ3v) is 8.82. The monoisotopic (exact) mass is 750 g/mol. The Morgan fingerprint density at radius 3 is 1.44 bits per heavy atom. The second-order valence-corrected chi connectivity index (χ2v) is 12.7. The second-order valence-electron chi connectivity index (χ2n) is 7.78. The van der Waals surface area contributed by atoms with Crippen molar-refractivity contribution in [2.45, 2.75) is 102 Å². The first-order chi connectivity index (χ1) is 12.2. The van der Waals surface area contributed by atoms with E-state index in [1.807, 2.05) is 0 Å². The standard InChI is InChI=1S/C15H24N2.C4H7I2N.Pt/c1-3-7-14(8-4-1)16-11-12-17(13-16)15-9-5-2-6-10-15;5-7(6)4-2-1-3-4;/h11-12,14-15H,1-10H2;4H,1-3H2;. The summed E-state index contributed by atoms with van der Waals surface area (Å²) in [6.07, 6.45) is 23.0. The van der Waals surface area contributed by atoms with Crippen LogP contribution >= 0.6 is 45.7 Å². The first kappa shape index (κ1) is 21.0. The van der Waals surface area contributed by atoms with Gasteiger partial charge in [-0.05, 0) is 12.8 Å². The molecule has 3 saturated carbocycles. The molecule has 1 heterocycles. The van der Waals surface area contributed by atoms with Gasteiger partial charge < -0.3 is 0 Å². The van der Waals surface area contributed by atoms with Crippen molar-refractivity contribution in [2.75, 3.05) is 0 Å². The summed E-state index contributed by atoms with van der Waals surface area (Å²) in [4.78, 5) is 0. The van der Waals surface area contributed by atoms with E-state index >= 15 is 0 Å². The topological polar surface area (TPSA) is 13.1 Å². The molecule has 3 nitrogen and oxygen atoms in total.